The largest absolute Gasteiger partial charge is 0.287 e. The van der Waals surface area contributed by atoms with Crippen LogP contribution in [0.1, 0.15) is 44.0 Å². The van der Waals surface area contributed by atoms with Gasteiger partial charge < -0.3 is 0 Å². The molecule has 0 fully saturated rings. The minimum absolute atomic E-state index is 0.0304. The molecular formula is C14H15BrClFO2S. The highest BCUT2D eigenvalue weighted by atomic mass is 79.9. The quantitative estimate of drug-likeness (QED) is 0.505. The average Bonchev–Trinajstić information content (AvgIpc) is 2.31. The number of carbonyl (C=O) groups is 2. The van der Waals surface area contributed by atoms with Gasteiger partial charge in [0.1, 0.15) is 5.82 Å². The van der Waals surface area contributed by atoms with Gasteiger partial charge in [0.25, 0.3) is 5.24 Å². The SMILES string of the molecule is CCC(C)(C)CC(=O)Sc1cc(C(=O)Cl)c(F)cc1Br. The van der Waals surface area contributed by atoms with Crippen LogP contribution in [-0.4, -0.2) is 10.4 Å². The first-order chi connectivity index (χ1) is 9.16. The van der Waals surface area contributed by atoms with Crippen molar-refractivity contribution in [1.82, 2.24) is 0 Å². The number of hydrogen-bond donors (Lipinski definition) is 0. The van der Waals surface area contributed by atoms with Crippen LogP contribution in [0.5, 0.6) is 0 Å². The summed E-state index contributed by atoms with van der Waals surface area (Å²) in [5.41, 5.74) is -0.304. The molecule has 0 aromatic heterocycles. The Morgan fingerprint density at radius 2 is 2.00 bits per heavy atom. The Balaban J connectivity index is 2.95. The molecule has 1 rings (SSSR count). The first kappa shape index (κ1) is 17.7. The Kier molecular flexibility index (Phi) is 6.23. The Morgan fingerprint density at radius 3 is 2.50 bits per heavy atom. The monoisotopic (exact) mass is 380 g/mol. The van der Waals surface area contributed by atoms with E-state index < -0.39 is 11.1 Å². The summed E-state index contributed by atoms with van der Waals surface area (Å²) in [6.07, 6.45) is 1.29. The number of benzene rings is 1. The molecule has 0 aliphatic heterocycles. The molecule has 110 valence electrons. The van der Waals surface area contributed by atoms with Crippen LogP contribution in [0, 0.1) is 11.2 Å². The molecule has 0 spiro atoms. The highest BCUT2D eigenvalue weighted by molar-refractivity contribution is 9.10. The first-order valence-electron chi connectivity index (χ1n) is 6.06. The summed E-state index contributed by atoms with van der Waals surface area (Å²) in [5, 5.41) is -0.907. The third-order valence-electron chi connectivity index (χ3n) is 3.04. The van der Waals surface area contributed by atoms with Gasteiger partial charge in [-0.3, -0.25) is 9.59 Å². The van der Waals surface area contributed by atoms with Crippen LogP contribution in [0.25, 0.3) is 0 Å². The van der Waals surface area contributed by atoms with Crippen LogP contribution in [0.2, 0.25) is 0 Å². The highest BCUT2D eigenvalue weighted by Crippen LogP contribution is 2.35. The molecule has 20 heavy (non-hydrogen) atoms. The molecule has 0 amide bonds. The molecule has 0 N–H and O–H groups in total. The lowest BCUT2D eigenvalue weighted by Gasteiger charge is -2.21. The van der Waals surface area contributed by atoms with Gasteiger partial charge in [-0.25, -0.2) is 4.39 Å². The van der Waals surface area contributed by atoms with Gasteiger partial charge in [0.05, 0.1) is 5.56 Å². The van der Waals surface area contributed by atoms with Gasteiger partial charge in [-0.1, -0.05) is 39.0 Å². The molecule has 1 aromatic carbocycles. The van der Waals surface area contributed by atoms with Crippen molar-refractivity contribution >= 4 is 49.7 Å². The van der Waals surface area contributed by atoms with Crippen molar-refractivity contribution in [1.29, 1.82) is 0 Å². The lowest BCUT2D eigenvalue weighted by atomic mass is 9.87. The van der Waals surface area contributed by atoms with E-state index in [1.807, 2.05) is 20.8 Å². The van der Waals surface area contributed by atoms with E-state index in [1.165, 1.54) is 6.07 Å². The maximum Gasteiger partial charge on any atom is 0.255 e. The van der Waals surface area contributed by atoms with E-state index in [0.717, 1.165) is 24.2 Å². The van der Waals surface area contributed by atoms with E-state index in [-0.39, 0.29) is 16.1 Å². The van der Waals surface area contributed by atoms with Crippen molar-refractivity contribution in [3.8, 4) is 0 Å². The van der Waals surface area contributed by atoms with Crippen molar-refractivity contribution in [3.05, 3.63) is 28.0 Å². The molecule has 0 bridgehead atoms. The van der Waals surface area contributed by atoms with Crippen molar-refractivity contribution in [2.45, 2.75) is 38.5 Å². The van der Waals surface area contributed by atoms with Crippen molar-refractivity contribution in [3.63, 3.8) is 0 Å². The fraction of sp³-hybridized carbons (Fsp3) is 0.429. The van der Waals surface area contributed by atoms with Gasteiger partial charge in [0.15, 0.2) is 5.12 Å². The fourth-order valence-electron chi connectivity index (χ4n) is 1.43. The maximum absolute atomic E-state index is 13.5. The molecule has 0 heterocycles. The third kappa shape index (κ3) is 4.86. The van der Waals surface area contributed by atoms with Crippen LogP contribution < -0.4 is 0 Å². The lowest BCUT2D eigenvalue weighted by molar-refractivity contribution is -0.112. The van der Waals surface area contributed by atoms with E-state index in [2.05, 4.69) is 15.9 Å². The van der Waals surface area contributed by atoms with Crippen LogP contribution in [0.15, 0.2) is 21.5 Å². The number of hydrogen-bond acceptors (Lipinski definition) is 3. The normalized spacial score (nSPS) is 11.5. The standard InChI is InChI=1S/C14H15BrClFO2S/c1-4-14(2,3)7-12(18)20-11-5-8(13(16)19)10(17)6-9(11)15/h5-6H,4,7H2,1-3H3. The van der Waals surface area contributed by atoms with Crippen molar-refractivity contribution < 1.29 is 14.0 Å². The number of thioether (sulfide) groups is 1. The molecule has 0 saturated heterocycles. The zero-order valence-corrected chi connectivity index (χ0v) is 14.6. The van der Waals surface area contributed by atoms with E-state index >= 15 is 0 Å². The Bertz CT molecular complexity index is 546. The zero-order chi connectivity index (χ0) is 15.5. The smallest absolute Gasteiger partial charge is 0.255 e. The van der Waals surface area contributed by atoms with E-state index in [0.29, 0.717) is 15.8 Å². The summed E-state index contributed by atoms with van der Waals surface area (Å²) in [4.78, 5) is 23.6. The third-order valence-corrected chi connectivity index (χ3v) is 5.09. The molecular weight excluding hydrogens is 367 g/mol. The second kappa shape index (κ2) is 7.05. The molecule has 0 atom stereocenters. The summed E-state index contributed by atoms with van der Waals surface area (Å²) in [6, 6.07) is 2.45. The van der Waals surface area contributed by atoms with Crippen molar-refractivity contribution in [2.75, 3.05) is 0 Å². The summed E-state index contributed by atoms with van der Waals surface area (Å²) in [7, 11) is 0. The van der Waals surface area contributed by atoms with Crippen LogP contribution in [0.4, 0.5) is 4.39 Å². The van der Waals surface area contributed by atoms with Crippen LogP contribution >= 0.6 is 39.3 Å². The lowest BCUT2D eigenvalue weighted by Crippen LogP contribution is -2.14. The van der Waals surface area contributed by atoms with Gasteiger partial charge in [0.2, 0.25) is 0 Å². The number of carbonyl (C=O) groups excluding carboxylic acids is 2. The van der Waals surface area contributed by atoms with Gasteiger partial charge in [-0.15, -0.1) is 0 Å². The zero-order valence-electron chi connectivity index (χ0n) is 11.4. The van der Waals surface area contributed by atoms with E-state index in [1.54, 1.807) is 0 Å². The predicted octanol–water partition coefficient (Wildman–Crippen LogP) is 5.41. The summed E-state index contributed by atoms with van der Waals surface area (Å²) in [5.74, 6) is -0.706. The summed E-state index contributed by atoms with van der Waals surface area (Å²) in [6.45, 7) is 6.05. The molecule has 0 unspecified atom stereocenters. The topological polar surface area (TPSA) is 34.1 Å². The predicted molar refractivity (Wildman–Crippen MR) is 83.8 cm³/mol. The number of halogens is 3. The van der Waals surface area contributed by atoms with Gasteiger partial charge >= 0.3 is 0 Å². The minimum atomic E-state index is -0.877. The molecule has 1 aromatic rings. The highest BCUT2D eigenvalue weighted by Gasteiger charge is 2.22. The molecule has 2 nitrogen and oxygen atoms in total. The Labute approximate surface area is 135 Å². The molecule has 0 saturated carbocycles. The van der Waals surface area contributed by atoms with Crippen LogP contribution in [0.3, 0.4) is 0 Å². The molecule has 6 heteroatoms. The van der Waals surface area contributed by atoms with Gasteiger partial charge in [-0.2, -0.15) is 0 Å². The Morgan fingerprint density at radius 1 is 1.40 bits per heavy atom. The average molecular weight is 382 g/mol. The second-order valence-electron chi connectivity index (χ2n) is 5.20. The first-order valence-corrected chi connectivity index (χ1v) is 8.04. The second-order valence-corrected chi connectivity index (χ2v) is 7.50. The van der Waals surface area contributed by atoms with E-state index in [9.17, 15) is 14.0 Å². The summed E-state index contributed by atoms with van der Waals surface area (Å²) >= 11 is 9.49. The maximum atomic E-state index is 13.5. The van der Waals surface area contributed by atoms with E-state index in [4.69, 9.17) is 11.6 Å². The van der Waals surface area contributed by atoms with Crippen molar-refractivity contribution in [2.24, 2.45) is 5.41 Å². The van der Waals surface area contributed by atoms with Gasteiger partial charge in [0, 0.05) is 15.8 Å². The summed E-state index contributed by atoms with van der Waals surface area (Å²) < 4.78 is 13.9. The molecule has 0 aliphatic rings. The minimum Gasteiger partial charge on any atom is -0.287 e. The van der Waals surface area contributed by atoms with Gasteiger partial charge in [-0.05, 0) is 45.1 Å². The van der Waals surface area contributed by atoms with Crippen LogP contribution in [-0.2, 0) is 4.79 Å². The molecule has 0 radical (unpaired) electrons. The Hall–Kier alpha value is -0.390. The number of rotatable bonds is 5. The fourth-order valence-corrected chi connectivity index (χ4v) is 3.18. The molecule has 0 aliphatic carbocycles.